The number of para-hydroxylation sites is 1. The van der Waals surface area contributed by atoms with E-state index in [0.717, 1.165) is 43.4 Å². The summed E-state index contributed by atoms with van der Waals surface area (Å²) < 4.78 is 5.86. The molecule has 21 heavy (non-hydrogen) atoms. The zero-order chi connectivity index (χ0) is 14.2. The van der Waals surface area contributed by atoms with Crippen molar-refractivity contribution in [2.45, 2.75) is 63.2 Å². The first-order valence-electron chi connectivity index (χ1n) is 8.59. The molecule has 114 valence electrons. The van der Waals surface area contributed by atoms with Crippen LogP contribution < -0.4 is 10.1 Å². The lowest BCUT2D eigenvalue weighted by Gasteiger charge is -2.45. The van der Waals surface area contributed by atoms with E-state index in [1.54, 1.807) is 0 Å². The van der Waals surface area contributed by atoms with E-state index in [9.17, 15) is 0 Å². The second kappa shape index (κ2) is 5.62. The Bertz CT molecular complexity index is 490. The van der Waals surface area contributed by atoms with Crippen molar-refractivity contribution < 1.29 is 4.74 Å². The quantitative estimate of drug-likeness (QED) is 0.924. The van der Waals surface area contributed by atoms with Gasteiger partial charge in [0.05, 0.1) is 6.61 Å². The summed E-state index contributed by atoms with van der Waals surface area (Å²) in [7, 11) is 0. The number of hydrogen-bond acceptors (Lipinski definition) is 3. The Hall–Kier alpha value is -1.06. The maximum Gasteiger partial charge on any atom is 0.124 e. The topological polar surface area (TPSA) is 24.5 Å². The van der Waals surface area contributed by atoms with Crippen molar-refractivity contribution in [3.8, 4) is 5.75 Å². The molecule has 0 saturated carbocycles. The minimum atomic E-state index is 0.579. The average Bonchev–Trinajstić information content (AvgIpc) is 2.78. The van der Waals surface area contributed by atoms with E-state index in [2.05, 4.69) is 41.4 Å². The molecule has 2 saturated heterocycles. The molecule has 1 aromatic carbocycles. The summed E-state index contributed by atoms with van der Waals surface area (Å²) in [6.07, 6.45) is 6.56. The van der Waals surface area contributed by atoms with Gasteiger partial charge in [0, 0.05) is 36.2 Å². The average molecular weight is 286 g/mol. The summed E-state index contributed by atoms with van der Waals surface area (Å²) in [5, 5.41) is 3.68. The molecule has 3 heterocycles. The van der Waals surface area contributed by atoms with Gasteiger partial charge in [-0.25, -0.2) is 0 Å². The smallest absolute Gasteiger partial charge is 0.124 e. The fourth-order valence-electron chi connectivity index (χ4n) is 4.81. The summed E-state index contributed by atoms with van der Waals surface area (Å²) >= 11 is 0. The highest BCUT2D eigenvalue weighted by Gasteiger charge is 2.45. The summed E-state index contributed by atoms with van der Waals surface area (Å²) in [4.78, 5) is 2.84. The van der Waals surface area contributed by atoms with Crippen molar-refractivity contribution in [2.75, 3.05) is 13.2 Å². The van der Waals surface area contributed by atoms with E-state index < -0.39 is 0 Å². The molecule has 0 spiro atoms. The minimum absolute atomic E-state index is 0.579. The maximum atomic E-state index is 5.86. The number of benzene rings is 1. The lowest BCUT2D eigenvalue weighted by molar-refractivity contribution is 0.0479. The standard InChI is InChI=1S/C18H26N2O/c1-2-19-13-11-14-7-8-15(12-13)20(14)17-9-10-21-18-6-4-3-5-16(17)18/h3-6,13-15,17,19H,2,7-12H2,1H3. The van der Waals surface area contributed by atoms with E-state index in [1.807, 2.05) is 0 Å². The molecule has 3 nitrogen and oxygen atoms in total. The van der Waals surface area contributed by atoms with Gasteiger partial charge in [-0.1, -0.05) is 25.1 Å². The van der Waals surface area contributed by atoms with Crippen LogP contribution in [0.1, 0.15) is 50.6 Å². The molecule has 1 N–H and O–H groups in total. The molecular weight excluding hydrogens is 260 g/mol. The SMILES string of the molecule is CCNC1CC2CCC(C1)N2C1CCOc2ccccc21. The molecular formula is C18H26N2O. The van der Waals surface area contributed by atoms with Crippen LogP contribution in [-0.4, -0.2) is 36.2 Å². The van der Waals surface area contributed by atoms with E-state index in [0.29, 0.717) is 6.04 Å². The molecule has 0 aromatic heterocycles. The third-order valence-corrected chi connectivity index (χ3v) is 5.57. The van der Waals surface area contributed by atoms with Crippen LogP contribution in [0.15, 0.2) is 24.3 Å². The fraction of sp³-hybridized carbons (Fsp3) is 0.667. The van der Waals surface area contributed by atoms with Crippen molar-refractivity contribution in [3.05, 3.63) is 29.8 Å². The molecule has 2 fully saturated rings. The normalized spacial score (nSPS) is 35.3. The summed E-state index contributed by atoms with van der Waals surface area (Å²) in [5.74, 6) is 1.11. The molecule has 1 aromatic rings. The van der Waals surface area contributed by atoms with Crippen molar-refractivity contribution >= 4 is 0 Å². The lowest BCUT2D eigenvalue weighted by Crippen LogP contribution is -2.51. The number of fused-ring (bicyclic) bond motifs is 3. The van der Waals surface area contributed by atoms with E-state index in [1.165, 1.54) is 31.2 Å². The van der Waals surface area contributed by atoms with Gasteiger partial charge in [-0.3, -0.25) is 4.90 Å². The van der Waals surface area contributed by atoms with Crippen molar-refractivity contribution in [2.24, 2.45) is 0 Å². The Kier molecular flexibility index (Phi) is 3.64. The van der Waals surface area contributed by atoms with E-state index in [-0.39, 0.29) is 0 Å². The summed E-state index contributed by atoms with van der Waals surface area (Å²) in [6, 6.07) is 11.5. The lowest BCUT2D eigenvalue weighted by atomic mass is 9.91. The number of hydrogen-bond donors (Lipinski definition) is 1. The van der Waals surface area contributed by atoms with Crippen molar-refractivity contribution in [1.82, 2.24) is 10.2 Å². The van der Waals surface area contributed by atoms with Crippen molar-refractivity contribution in [3.63, 3.8) is 0 Å². The number of nitrogens with one attached hydrogen (secondary N) is 1. The van der Waals surface area contributed by atoms with Gasteiger partial charge in [-0.15, -0.1) is 0 Å². The first-order chi connectivity index (χ1) is 10.4. The molecule has 3 unspecified atom stereocenters. The van der Waals surface area contributed by atoms with Gasteiger partial charge in [0.2, 0.25) is 0 Å². The molecule has 0 amide bonds. The molecule has 2 bridgehead atoms. The Balaban J connectivity index is 1.58. The Labute approximate surface area is 127 Å². The number of rotatable bonds is 3. The zero-order valence-corrected chi connectivity index (χ0v) is 12.9. The van der Waals surface area contributed by atoms with Crippen molar-refractivity contribution in [1.29, 1.82) is 0 Å². The van der Waals surface area contributed by atoms with Crippen LogP contribution in [-0.2, 0) is 0 Å². The molecule has 0 radical (unpaired) electrons. The molecule has 4 rings (SSSR count). The third kappa shape index (κ3) is 2.36. The van der Waals surface area contributed by atoms with Crippen LogP contribution >= 0.6 is 0 Å². The van der Waals surface area contributed by atoms with Crippen LogP contribution in [0.4, 0.5) is 0 Å². The second-order valence-corrected chi connectivity index (χ2v) is 6.75. The van der Waals surface area contributed by atoms with Gasteiger partial charge < -0.3 is 10.1 Å². The summed E-state index contributed by atoms with van der Waals surface area (Å²) in [6.45, 7) is 4.20. The highest BCUT2D eigenvalue weighted by Crippen LogP contribution is 2.46. The molecule has 3 aliphatic heterocycles. The van der Waals surface area contributed by atoms with Gasteiger partial charge in [-0.05, 0) is 38.3 Å². The first kappa shape index (κ1) is 13.6. The highest BCUT2D eigenvalue weighted by atomic mass is 16.5. The first-order valence-corrected chi connectivity index (χ1v) is 8.59. The maximum absolute atomic E-state index is 5.86. The number of ether oxygens (including phenoxy) is 1. The van der Waals surface area contributed by atoms with Crippen LogP contribution in [0.3, 0.4) is 0 Å². The molecule has 3 aliphatic rings. The Morgan fingerprint density at radius 2 is 1.90 bits per heavy atom. The number of piperidine rings is 1. The van der Waals surface area contributed by atoms with E-state index >= 15 is 0 Å². The Morgan fingerprint density at radius 3 is 2.67 bits per heavy atom. The minimum Gasteiger partial charge on any atom is -0.493 e. The van der Waals surface area contributed by atoms with Gasteiger partial charge in [0.15, 0.2) is 0 Å². The third-order valence-electron chi connectivity index (χ3n) is 5.57. The van der Waals surface area contributed by atoms with Crippen LogP contribution in [0, 0.1) is 0 Å². The van der Waals surface area contributed by atoms with Crippen LogP contribution in [0.25, 0.3) is 0 Å². The fourth-order valence-corrected chi connectivity index (χ4v) is 4.81. The molecule has 0 aliphatic carbocycles. The second-order valence-electron chi connectivity index (χ2n) is 6.75. The van der Waals surface area contributed by atoms with E-state index in [4.69, 9.17) is 4.74 Å². The van der Waals surface area contributed by atoms with Gasteiger partial charge in [0.25, 0.3) is 0 Å². The van der Waals surface area contributed by atoms with Gasteiger partial charge in [-0.2, -0.15) is 0 Å². The monoisotopic (exact) mass is 286 g/mol. The predicted octanol–water partition coefficient (Wildman–Crippen LogP) is 3.12. The molecule has 3 heteroatoms. The largest absolute Gasteiger partial charge is 0.493 e. The van der Waals surface area contributed by atoms with Gasteiger partial charge >= 0.3 is 0 Å². The van der Waals surface area contributed by atoms with Crippen LogP contribution in [0.2, 0.25) is 0 Å². The predicted molar refractivity (Wildman–Crippen MR) is 84.6 cm³/mol. The number of nitrogens with zero attached hydrogens (tertiary/aromatic N) is 1. The Morgan fingerprint density at radius 1 is 1.14 bits per heavy atom. The molecule has 3 atom stereocenters. The summed E-state index contributed by atoms with van der Waals surface area (Å²) in [5.41, 5.74) is 1.42. The zero-order valence-electron chi connectivity index (χ0n) is 12.9. The van der Waals surface area contributed by atoms with Crippen LogP contribution in [0.5, 0.6) is 5.75 Å². The van der Waals surface area contributed by atoms with Gasteiger partial charge in [0.1, 0.15) is 5.75 Å². The highest BCUT2D eigenvalue weighted by molar-refractivity contribution is 5.38.